The Balaban J connectivity index is 2.20. The first kappa shape index (κ1) is 10.6. The lowest BCUT2D eigenvalue weighted by atomic mass is 9.88. The van der Waals surface area contributed by atoms with E-state index in [0.29, 0.717) is 11.5 Å². The van der Waals surface area contributed by atoms with Gasteiger partial charge in [0, 0.05) is 11.8 Å². The van der Waals surface area contributed by atoms with E-state index < -0.39 is 11.9 Å². The van der Waals surface area contributed by atoms with Crippen molar-refractivity contribution in [2.45, 2.75) is 32.3 Å². The number of aliphatic hydroxyl groups is 1. The van der Waals surface area contributed by atoms with Crippen molar-refractivity contribution < 1.29 is 9.50 Å². The van der Waals surface area contributed by atoms with E-state index in [2.05, 4.69) is 11.9 Å². The van der Waals surface area contributed by atoms with Crippen LogP contribution in [0.1, 0.15) is 37.9 Å². The largest absolute Gasteiger partial charge is 0.388 e. The molecule has 2 rings (SSSR count). The second-order valence-electron chi connectivity index (χ2n) is 4.41. The Morgan fingerprint density at radius 1 is 1.53 bits per heavy atom. The summed E-state index contributed by atoms with van der Waals surface area (Å²) in [5, 5.41) is 10.1. The molecule has 15 heavy (non-hydrogen) atoms. The minimum Gasteiger partial charge on any atom is -0.388 e. The van der Waals surface area contributed by atoms with Gasteiger partial charge in [0.25, 0.3) is 0 Å². The van der Waals surface area contributed by atoms with Crippen LogP contribution in [-0.2, 0) is 0 Å². The van der Waals surface area contributed by atoms with E-state index in [-0.39, 0.29) is 5.92 Å². The molecule has 1 aromatic heterocycles. The number of rotatable bonds is 2. The van der Waals surface area contributed by atoms with Gasteiger partial charge in [0.15, 0.2) is 0 Å². The lowest BCUT2D eigenvalue weighted by Gasteiger charge is -2.22. The van der Waals surface area contributed by atoms with Crippen LogP contribution in [0.2, 0.25) is 0 Å². The molecule has 0 saturated heterocycles. The molecule has 0 aliphatic heterocycles. The van der Waals surface area contributed by atoms with Gasteiger partial charge < -0.3 is 5.11 Å². The van der Waals surface area contributed by atoms with Gasteiger partial charge in [-0.2, -0.15) is 0 Å². The number of nitrogens with zero attached hydrogens (tertiary/aromatic N) is 1. The van der Waals surface area contributed by atoms with Crippen molar-refractivity contribution >= 4 is 0 Å². The molecule has 0 spiro atoms. The van der Waals surface area contributed by atoms with Gasteiger partial charge in [-0.3, -0.25) is 4.98 Å². The summed E-state index contributed by atoms with van der Waals surface area (Å²) in [6.45, 7) is 2.12. The SMILES string of the molecule is CC1CCCC1C(O)c1ccncc1F. The summed E-state index contributed by atoms with van der Waals surface area (Å²) >= 11 is 0. The van der Waals surface area contributed by atoms with Gasteiger partial charge in [-0.15, -0.1) is 0 Å². The molecule has 1 aromatic rings. The summed E-state index contributed by atoms with van der Waals surface area (Å²) in [5.41, 5.74) is 0.392. The maximum atomic E-state index is 13.4. The first-order valence-electron chi connectivity index (χ1n) is 5.47. The van der Waals surface area contributed by atoms with Crippen molar-refractivity contribution in [3.63, 3.8) is 0 Å². The van der Waals surface area contributed by atoms with Crippen molar-refractivity contribution in [2.24, 2.45) is 11.8 Å². The van der Waals surface area contributed by atoms with Crippen LogP contribution < -0.4 is 0 Å². The van der Waals surface area contributed by atoms with Gasteiger partial charge in [-0.1, -0.05) is 19.8 Å². The Morgan fingerprint density at radius 3 is 2.93 bits per heavy atom. The molecule has 1 heterocycles. The van der Waals surface area contributed by atoms with E-state index in [9.17, 15) is 9.50 Å². The van der Waals surface area contributed by atoms with Gasteiger partial charge in [-0.25, -0.2) is 4.39 Å². The number of aromatic nitrogens is 1. The Labute approximate surface area is 89.2 Å². The zero-order valence-electron chi connectivity index (χ0n) is 8.86. The van der Waals surface area contributed by atoms with Crippen LogP contribution in [0.3, 0.4) is 0 Å². The molecule has 0 bridgehead atoms. The predicted molar refractivity (Wildman–Crippen MR) is 55.7 cm³/mol. The topological polar surface area (TPSA) is 33.1 Å². The minimum atomic E-state index is -0.675. The van der Waals surface area contributed by atoms with Gasteiger partial charge in [0.05, 0.1) is 12.3 Å². The highest BCUT2D eigenvalue weighted by Gasteiger charge is 2.31. The second kappa shape index (κ2) is 4.27. The fourth-order valence-corrected chi connectivity index (χ4v) is 2.50. The minimum absolute atomic E-state index is 0.196. The summed E-state index contributed by atoms with van der Waals surface area (Å²) in [6, 6.07) is 1.57. The summed E-state index contributed by atoms with van der Waals surface area (Å²) in [7, 11) is 0. The lowest BCUT2D eigenvalue weighted by molar-refractivity contribution is 0.0865. The molecule has 2 nitrogen and oxygen atoms in total. The van der Waals surface area contributed by atoms with Gasteiger partial charge in [-0.05, 0) is 24.3 Å². The molecule has 3 unspecified atom stereocenters. The highest BCUT2D eigenvalue weighted by molar-refractivity contribution is 5.17. The molecule has 1 fully saturated rings. The molecule has 0 aromatic carbocycles. The maximum absolute atomic E-state index is 13.4. The van der Waals surface area contributed by atoms with Crippen molar-refractivity contribution in [3.05, 3.63) is 29.8 Å². The van der Waals surface area contributed by atoms with Crippen LogP contribution in [0.5, 0.6) is 0 Å². The highest BCUT2D eigenvalue weighted by Crippen LogP contribution is 2.40. The molecule has 1 N–H and O–H groups in total. The third kappa shape index (κ3) is 2.02. The summed E-state index contributed by atoms with van der Waals surface area (Å²) in [6.07, 6.45) is 5.28. The van der Waals surface area contributed by atoms with E-state index in [1.165, 1.54) is 6.20 Å². The van der Waals surface area contributed by atoms with Crippen LogP contribution in [-0.4, -0.2) is 10.1 Å². The fraction of sp³-hybridized carbons (Fsp3) is 0.583. The molecule has 0 amide bonds. The van der Waals surface area contributed by atoms with Crippen molar-refractivity contribution in [1.82, 2.24) is 4.98 Å². The monoisotopic (exact) mass is 209 g/mol. The standard InChI is InChI=1S/C12H16FNO/c1-8-3-2-4-9(8)12(15)10-5-6-14-7-11(10)13/h5-9,12,15H,2-4H2,1H3. The number of hydrogen-bond acceptors (Lipinski definition) is 2. The Morgan fingerprint density at radius 2 is 2.33 bits per heavy atom. The molecule has 3 heteroatoms. The van der Waals surface area contributed by atoms with Crippen molar-refractivity contribution in [3.8, 4) is 0 Å². The molecule has 82 valence electrons. The smallest absolute Gasteiger partial charge is 0.147 e. The number of aliphatic hydroxyl groups excluding tert-OH is 1. The van der Waals surface area contributed by atoms with Gasteiger partial charge >= 0.3 is 0 Å². The summed E-state index contributed by atoms with van der Waals surface area (Å²) in [5.74, 6) is 0.276. The number of hydrogen-bond donors (Lipinski definition) is 1. The van der Waals surface area contributed by atoms with Gasteiger partial charge in [0.1, 0.15) is 5.82 Å². The molecular weight excluding hydrogens is 193 g/mol. The van der Waals surface area contributed by atoms with Crippen LogP contribution >= 0.6 is 0 Å². The van der Waals surface area contributed by atoms with Crippen molar-refractivity contribution in [2.75, 3.05) is 0 Å². The normalized spacial score (nSPS) is 27.9. The van der Waals surface area contributed by atoms with E-state index in [0.717, 1.165) is 25.5 Å². The Bertz CT molecular complexity index is 342. The fourth-order valence-electron chi connectivity index (χ4n) is 2.50. The van der Waals surface area contributed by atoms with Gasteiger partial charge in [0.2, 0.25) is 0 Å². The maximum Gasteiger partial charge on any atom is 0.147 e. The first-order valence-corrected chi connectivity index (χ1v) is 5.47. The Kier molecular flexibility index (Phi) is 3.00. The third-order valence-electron chi connectivity index (χ3n) is 3.46. The van der Waals surface area contributed by atoms with Crippen LogP contribution in [0.15, 0.2) is 18.5 Å². The average Bonchev–Trinajstić information content (AvgIpc) is 2.64. The van der Waals surface area contributed by atoms with E-state index in [4.69, 9.17) is 0 Å². The lowest BCUT2D eigenvalue weighted by Crippen LogP contribution is -2.16. The Hall–Kier alpha value is -0.960. The van der Waals surface area contributed by atoms with Crippen LogP contribution in [0, 0.1) is 17.7 Å². The van der Waals surface area contributed by atoms with Crippen molar-refractivity contribution in [1.29, 1.82) is 0 Å². The molecule has 0 radical (unpaired) electrons. The second-order valence-corrected chi connectivity index (χ2v) is 4.41. The summed E-state index contributed by atoms with van der Waals surface area (Å²) in [4.78, 5) is 3.69. The highest BCUT2D eigenvalue weighted by atomic mass is 19.1. The number of pyridine rings is 1. The van der Waals surface area contributed by atoms with Crippen LogP contribution in [0.25, 0.3) is 0 Å². The number of halogens is 1. The molecular formula is C12H16FNO. The zero-order valence-corrected chi connectivity index (χ0v) is 8.86. The third-order valence-corrected chi connectivity index (χ3v) is 3.46. The quantitative estimate of drug-likeness (QED) is 0.812. The van der Waals surface area contributed by atoms with Crippen LogP contribution in [0.4, 0.5) is 4.39 Å². The summed E-state index contributed by atoms with van der Waals surface area (Å²) < 4.78 is 13.4. The molecule has 3 atom stereocenters. The average molecular weight is 209 g/mol. The predicted octanol–water partition coefficient (Wildman–Crippen LogP) is 2.69. The first-order chi connectivity index (χ1) is 7.20. The van der Waals surface area contributed by atoms with E-state index >= 15 is 0 Å². The van der Waals surface area contributed by atoms with E-state index in [1.54, 1.807) is 6.07 Å². The zero-order chi connectivity index (χ0) is 10.8. The molecule has 1 saturated carbocycles. The molecule has 1 aliphatic carbocycles. The molecule has 1 aliphatic rings. The van der Waals surface area contributed by atoms with E-state index in [1.807, 2.05) is 0 Å².